The number of aryl methyl sites for hydroxylation is 2. The second-order valence-corrected chi connectivity index (χ2v) is 7.79. The molecule has 0 saturated carbocycles. The number of nitrogens with one attached hydrogen (secondary N) is 1. The van der Waals surface area contributed by atoms with E-state index in [0.29, 0.717) is 17.5 Å². The quantitative estimate of drug-likeness (QED) is 0.385. The van der Waals surface area contributed by atoms with Gasteiger partial charge in [0.25, 0.3) is 0 Å². The Labute approximate surface area is 195 Å². The molecule has 172 valence electrons. The number of anilines is 2. The second-order valence-electron chi connectivity index (χ2n) is 7.79. The number of para-hydroxylation sites is 1. The zero-order valence-electron chi connectivity index (χ0n) is 19.2. The summed E-state index contributed by atoms with van der Waals surface area (Å²) in [7, 11) is 4.95. The van der Waals surface area contributed by atoms with E-state index in [9.17, 15) is 4.39 Å². The Morgan fingerprint density at radius 1 is 1.00 bits per heavy atom. The first kappa shape index (κ1) is 21.4. The molecule has 34 heavy (non-hydrogen) atoms. The number of nitrogens with zero attached hydrogens (tertiary/aromatic N) is 5. The number of ether oxygens (including phenoxy) is 2. The van der Waals surface area contributed by atoms with E-state index in [2.05, 4.69) is 15.3 Å². The van der Waals surface area contributed by atoms with Crippen molar-refractivity contribution in [3.8, 4) is 28.7 Å². The average molecular weight is 458 g/mol. The summed E-state index contributed by atoms with van der Waals surface area (Å²) in [6.45, 7) is 1.93. The third-order valence-corrected chi connectivity index (χ3v) is 5.61. The first-order valence-electron chi connectivity index (χ1n) is 10.6. The highest BCUT2D eigenvalue weighted by molar-refractivity contribution is 5.92. The van der Waals surface area contributed by atoms with Crippen LogP contribution < -0.4 is 14.8 Å². The molecule has 0 spiro atoms. The minimum atomic E-state index is -0.415. The highest BCUT2D eigenvalue weighted by Gasteiger charge is 2.16. The maximum absolute atomic E-state index is 13.9. The van der Waals surface area contributed by atoms with E-state index in [-0.39, 0.29) is 5.75 Å². The van der Waals surface area contributed by atoms with E-state index in [1.54, 1.807) is 25.6 Å². The molecule has 5 rings (SSSR count). The molecule has 9 heteroatoms. The largest absolute Gasteiger partial charge is 0.494 e. The smallest absolute Gasteiger partial charge is 0.240 e. The van der Waals surface area contributed by atoms with E-state index >= 15 is 0 Å². The number of hydrogen-bond donors (Lipinski definition) is 1. The lowest BCUT2D eigenvalue weighted by Crippen LogP contribution is -2.01. The average Bonchev–Trinajstić information content (AvgIpc) is 3.43. The number of benzene rings is 2. The number of methoxy groups -OCH3 is 2. The molecule has 0 fully saturated rings. The molecule has 0 unspecified atom stereocenters. The standard InChI is InChI=1S/C25H23FN6O2/c1-15-13-32(14-27-15)20-10-11-22(29-25(20)34-4)28-18-6-5-7-19-23(18)30-24(31(19)2)16-8-9-17(26)21(12-16)33-3/h5-14H,1-4H3,(H,28,29). The van der Waals surface area contributed by atoms with Gasteiger partial charge in [-0.05, 0) is 49.4 Å². The van der Waals surface area contributed by atoms with Crippen LogP contribution in [-0.2, 0) is 7.05 Å². The van der Waals surface area contributed by atoms with E-state index in [1.807, 2.05) is 59.6 Å². The zero-order chi connectivity index (χ0) is 23.8. The molecule has 3 aromatic heterocycles. The Morgan fingerprint density at radius 3 is 2.59 bits per heavy atom. The lowest BCUT2D eigenvalue weighted by molar-refractivity contribution is 0.386. The third kappa shape index (κ3) is 3.71. The van der Waals surface area contributed by atoms with Gasteiger partial charge in [-0.1, -0.05) is 6.07 Å². The zero-order valence-corrected chi connectivity index (χ0v) is 19.2. The molecular weight excluding hydrogens is 435 g/mol. The minimum Gasteiger partial charge on any atom is -0.494 e. The fourth-order valence-electron chi connectivity index (χ4n) is 3.91. The van der Waals surface area contributed by atoms with Gasteiger partial charge >= 0.3 is 0 Å². The van der Waals surface area contributed by atoms with Crippen LogP contribution in [0.15, 0.2) is 61.1 Å². The highest BCUT2D eigenvalue weighted by atomic mass is 19.1. The first-order valence-corrected chi connectivity index (χ1v) is 10.6. The van der Waals surface area contributed by atoms with Gasteiger partial charge in [0.1, 0.15) is 22.8 Å². The van der Waals surface area contributed by atoms with Crippen molar-refractivity contribution in [3.63, 3.8) is 0 Å². The minimum absolute atomic E-state index is 0.173. The Balaban J connectivity index is 1.53. The Morgan fingerprint density at radius 2 is 1.85 bits per heavy atom. The van der Waals surface area contributed by atoms with E-state index < -0.39 is 5.82 Å². The number of fused-ring (bicyclic) bond motifs is 1. The SMILES string of the molecule is COc1cc(-c2nc3c(Nc4ccc(-n5cnc(C)c5)c(OC)n4)cccc3n2C)ccc1F. The van der Waals surface area contributed by atoms with Gasteiger partial charge in [0.15, 0.2) is 11.6 Å². The number of pyridine rings is 1. The summed E-state index contributed by atoms with van der Waals surface area (Å²) in [6, 6.07) is 14.4. The summed E-state index contributed by atoms with van der Waals surface area (Å²) >= 11 is 0. The van der Waals surface area contributed by atoms with Crippen molar-refractivity contribution in [2.45, 2.75) is 6.92 Å². The van der Waals surface area contributed by atoms with Crippen molar-refractivity contribution in [2.75, 3.05) is 19.5 Å². The van der Waals surface area contributed by atoms with Crippen LogP contribution in [0.4, 0.5) is 15.9 Å². The summed E-state index contributed by atoms with van der Waals surface area (Å²) in [6.07, 6.45) is 3.63. The molecule has 0 aliphatic rings. The third-order valence-electron chi connectivity index (χ3n) is 5.61. The predicted octanol–water partition coefficient (Wildman–Crippen LogP) is 5.03. The van der Waals surface area contributed by atoms with Gasteiger partial charge in [-0.15, -0.1) is 0 Å². The van der Waals surface area contributed by atoms with Crippen molar-refractivity contribution in [2.24, 2.45) is 7.05 Å². The van der Waals surface area contributed by atoms with Crippen LogP contribution >= 0.6 is 0 Å². The molecule has 8 nitrogen and oxygen atoms in total. The van der Waals surface area contributed by atoms with Gasteiger partial charge in [-0.2, -0.15) is 4.98 Å². The van der Waals surface area contributed by atoms with Crippen LogP contribution in [0.1, 0.15) is 5.69 Å². The van der Waals surface area contributed by atoms with Crippen molar-refractivity contribution >= 4 is 22.5 Å². The number of imidazole rings is 2. The van der Waals surface area contributed by atoms with Crippen LogP contribution in [0.3, 0.4) is 0 Å². The fraction of sp³-hybridized carbons (Fsp3) is 0.160. The number of rotatable bonds is 6. The number of aromatic nitrogens is 5. The van der Waals surface area contributed by atoms with E-state index in [1.165, 1.54) is 13.2 Å². The van der Waals surface area contributed by atoms with Gasteiger partial charge in [0.05, 0.1) is 37.4 Å². The van der Waals surface area contributed by atoms with Gasteiger partial charge < -0.3 is 23.9 Å². The maximum atomic E-state index is 13.9. The molecule has 0 aliphatic heterocycles. The lowest BCUT2D eigenvalue weighted by atomic mass is 10.2. The molecule has 5 aromatic rings. The molecular formula is C25H23FN6O2. The summed E-state index contributed by atoms with van der Waals surface area (Å²) in [5.41, 5.74) is 4.91. The Hall–Kier alpha value is -4.40. The normalized spacial score (nSPS) is 11.1. The van der Waals surface area contributed by atoms with Gasteiger partial charge in [0.2, 0.25) is 5.88 Å². The molecule has 3 heterocycles. The number of hydrogen-bond acceptors (Lipinski definition) is 6. The highest BCUT2D eigenvalue weighted by Crippen LogP contribution is 2.32. The first-order chi connectivity index (χ1) is 16.5. The summed E-state index contributed by atoms with van der Waals surface area (Å²) in [4.78, 5) is 13.7. The molecule has 0 radical (unpaired) electrons. The monoisotopic (exact) mass is 458 g/mol. The van der Waals surface area contributed by atoms with Crippen LogP contribution in [0, 0.1) is 12.7 Å². The van der Waals surface area contributed by atoms with Gasteiger partial charge in [-0.3, -0.25) is 0 Å². The molecule has 0 atom stereocenters. The van der Waals surface area contributed by atoms with Crippen molar-refractivity contribution in [3.05, 3.63) is 72.6 Å². The predicted molar refractivity (Wildman–Crippen MR) is 129 cm³/mol. The van der Waals surface area contributed by atoms with Crippen molar-refractivity contribution < 1.29 is 13.9 Å². The molecule has 0 aliphatic carbocycles. The lowest BCUT2D eigenvalue weighted by Gasteiger charge is -2.11. The number of halogens is 1. The van der Waals surface area contributed by atoms with Crippen LogP contribution in [0.5, 0.6) is 11.6 Å². The Kier molecular flexibility index (Phi) is 5.37. The van der Waals surface area contributed by atoms with Crippen LogP contribution in [-0.4, -0.2) is 38.3 Å². The van der Waals surface area contributed by atoms with Crippen molar-refractivity contribution in [1.29, 1.82) is 0 Å². The summed E-state index contributed by atoms with van der Waals surface area (Å²) in [5.74, 6) is 1.53. The van der Waals surface area contributed by atoms with Crippen LogP contribution in [0.2, 0.25) is 0 Å². The fourth-order valence-corrected chi connectivity index (χ4v) is 3.91. The molecule has 0 amide bonds. The van der Waals surface area contributed by atoms with Crippen LogP contribution in [0.25, 0.3) is 28.1 Å². The topological polar surface area (TPSA) is 79.0 Å². The van der Waals surface area contributed by atoms with Gasteiger partial charge in [0, 0.05) is 18.8 Å². The summed E-state index contributed by atoms with van der Waals surface area (Å²) in [5, 5.41) is 3.35. The van der Waals surface area contributed by atoms with E-state index in [0.717, 1.165) is 33.7 Å². The maximum Gasteiger partial charge on any atom is 0.240 e. The molecule has 0 saturated heterocycles. The molecule has 2 aromatic carbocycles. The molecule has 0 bridgehead atoms. The van der Waals surface area contributed by atoms with Crippen molar-refractivity contribution in [1.82, 2.24) is 24.1 Å². The summed E-state index contributed by atoms with van der Waals surface area (Å²) < 4.78 is 28.4. The van der Waals surface area contributed by atoms with Gasteiger partial charge in [-0.25, -0.2) is 14.4 Å². The van der Waals surface area contributed by atoms with E-state index in [4.69, 9.17) is 14.5 Å². The second kappa shape index (κ2) is 8.51. The molecule has 1 N–H and O–H groups in total. The Bertz CT molecular complexity index is 1510.